The molecular weight excluding hydrogens is 302 g/mol. The summed E-state index contributed by atoms with van der Waals surface area (Å²) in [5.41, 5.74) is 12.1. The number of benzene rings is 2. The smallest absolute Gasteiger partial charge is 0.0423 e. The van der Waals surface area contributed by atoms with Crippen LogP contribution in [0.3, 0.4) is 0 Å². The van der Waals surface area contributed by atoms with Gasteiger partial charge < -0.3 is 5.73 Å². The molecule has 0 heterocycles. The van der Waals surface area contributed by atoms with Gasteiger partial charge in [-0.15, -0.1) is 0 Å². The van der Waals surface area contributed by atoms with Gasteiger partial charge in [-0.2, -0.15) is 0 Å². The first kappa shape index (κ1) is 20.0. The fraction of sp³-hybridized carbons (Fsp3) is 0.0833. The van der Waals surface area contributed by atoms with Gasteiger partial charge in [-0.25, -0.2) is 0 Å². The van der Waals surface area contributed by atoms with Crippen LogP contribution < -0.4 is 5.73 Å². The normalized spacial score (nSPS) is 11.1. The topological polar surface area (TPSA) is 26.0 Å². The Kier molecular flexibility index (Phi) is 8.53. The number of hydrogen-bond donors (Lipinski definition) is 1. The minimum atomic E-state index is 0.763. The Morgan fingerprint density at radius 2 is 1.32 bits per heavy atom. The number of hydrogen-bond acceptors (Lipinski definition) is 1. The van der Waals surface area contributed by atoms with Crippen LogP contribution in [0, 0.1) is 0 Å². The van der Waals surface area contributed by atoms with Crippen LogP contribution in [0.25, 0.3) is 11.3 Å². The molecule has 0 bridgehead atoms. The van der Waals surface area contributed by atoms with Crippen molar-refractivity contribution in [2.45, 2.75) is 13.8 Å². The van der Waals surface area contributed by atoms with E-state index in [4.69, 9.17) is 5.73 Å². The van der Waals surface area contributed by atoms with Crippen molar-refractivity contribution in [2.75, 3.05) is 0 Å². The predicted octanol–water partition coefficient (Wildman–Crippen LogP) is 6.39. The lowest BCUT2D eigenvalue weighted by Crippen LogP contribution is -2.00. The molecule has 0 aliphatic rings. The zero-order valence-corrected chi connectivity index (χ0v) is 15.2. The maximum Gasteiger partial charge on any atom is 0.0423 e. The van der Waals surface area contributed by atoms with E-state index in [2.05, 4.69) is 31.9 Å². The average Bonchev–Trinajstić information content (AvgIpc) is 2.66. The molecule has 0 spiro atoms. The Morgan fingerprint density at radius 1 is 0.840 bits per heavy atom. The van der Waals surface area contributed by atoms with E-state index in [0.29, 0.717) is 0 Å². The number of nitrogens with two attached hydrogens (primary N) is 1. The van der Waals surface area contributed by atoms with Crippen molar-refractivity contribution in [1.29, 1.82) is 0 Å². The first-order chi connectivity index (χ1) is 12.0. The largest absolute Gasteiger partial charge is 0.398 e. The minimum absolute atomic E-state index is 0.763. The summed E-state index contributed by atoms with van der Waals surface area (Å²) in [4.78, 5) is 0. The molecule has 0 saturated carbocycles. The highest BCUT2D eigenvalue weighted by Gasteiger charge is 2.02. The maximum atomic E-state index is 6.07. The molecule has 0 atom stereocenters. The lowest BCUT2D eigenvalue weighted by molar-refractivity contribution is 1.38. The zero-order chi connectivity index (χ0) is 18.7. The van der Waals surface area contributed by atoms with Crippen molar-refractivity contribution in [1.82, 2.24) is 0 Å². The first-order valence-corrected chi connectivity index (χ1v) is 8.18. The van der Waals surface area contributed by atoms with Crippen molar-refractivity contribution < 1.29 is 0 Å². The summed E-state index contributed by atoms with van der Waals surface area (Å²) in [6.07, 6.45) is 5.47. The molecule has 0 amide bonds. The molecule has 128 valence electrons. The van der Waals surface area contributed by atoms with Gasteiger partial charge in [-0.05, 0) is 36.1 Å². The average molecular weight is 329 g/mol. The van der Waals surface area contributed by atoms with Gasteiger partial charge in [0.15, 0.2) is 0 Å². The summed E-state index contributed by atoms with van der Waals surface area (Å²) in [7, 11) is 0. The summed E-state index contributed by atoms with van der Waals surface area (Å²) >= 11 is 0. The molecule has 0 fully saturated rings. The molecule has 2 N–H and O–H groups in total. The van der Waals surface area contributed by atoms with Crippen molar-refractivity contribution in [3.8, 4) is 0 Å². The monoisotopic (exact) mass is 329 g/mol. The third-order valence-corrected chi connectivity index (χ3v) is 3.67. The van der Waals surface area contributed by atoms with Gasteiger partial charge in [-0.3, -0.25) is 0 Å². The van der Waals surface area contributed by atoms with Crippen LogP contribution >= 0.6 is 0 Å². The fourth-order valence-electron chi connectivity index (χ4n) is 2.04. The van der Waals surface area contributed by atoms with Gasteiger partial charge in [-0.1, -0.05) is 104 Å². The van der Waals surface area contributed by atoms with Gasteiger partial charge in [0.25, 0.3) is 0 Å². The van der Waals surface area contributed by atoms with Gasteiger partial charge in [0.2, 0.25) is 0 Å². The molecule has 1 nitrogen and oxygen atoms in total. The molecule has 2 aromatic rings. The molecule has 0 aromatic heterocycles. The molecule has 2 rings (SSSR count). The zero-order valence-electron chi connectivity index (χ0n) is 15.2. The molecule has 0 unspecified atom stereocenters. The Labute approximate surface area is 152 Å². The summed E-state index contributed by atoms with van der Waals surface area (Å²) in [5, 5.41) is 0. The quantitative estimate of drug-likeness (QED) is 0.631. The molecule has 25 heavy (non-hydrogen) atoms. The van der Waals surface area contributed by atoms with E-state index in [0.717, 1.165) is 28.0 Å². The van der Waals surface area contributed by atoms with Crippen LogP contribution in [0.15, 0.2) is 110 Å². The fourth-order valence-corrected chi connectivity index (χ4v) is 2.04. The minimum Gasteiger partial charge on any atom is -0.398 e. The van der Waals surface area contributed by atoms with Crippen LogP contribution in [0.1, 0.15) is 25.0 Å². The van der Waals surface area contributed by atoms with E-state index in [1.165, 1.54) is 5.56 Å². The van der Waals surface area contributed by atoms with E-state index >= 15 is 0 Å². The highest BCUT2D eigenvalue weighted by Crippen LogP contribution is 2.18. The molecule has 0 saturated heterocycles. The molecule has 0 aliphatic carbocycles. The molecule has 2 aromatic carbocycles. The highest BCUT2D eigenvalue weighted by atomic mass is 14.6. The van der Waals surface area contributed by atoms with Crippen molar-refractivity contribution >= 4 is 11.3 Å². The van der Waals surface area contributed by atoms with Gasteiger partial charge in [0.05, 0.1) is 0 Å². The Bertz CT molecular complexity index is 762. The Balaban J connectivity index is 0.000000293. The second-order valence-electron chi connectivity index (χ2n) is 5.67. The van der Waals surface area contributed by atoms with E-state index < -0.39 is 0 Å². The summed E-state index contributed by atoms with van der Waals surface area (Å²) in [6.45, 7) is 15.4. The van der Waals surface area contributed by atoms with Crippen LogP contribution in [-0.4, -0.2) is 0 Å². The van der Waals surface area contributed by atoms with E-state index in [9.17, 15) is 0 Å². The third kappa shape index (κ3) is 6.92. The van der Waals surface area contributed by atoms with Crippen LogP contribution in [-0.2, 0) is 0 Å². The second-order valence-corrected chi connectivity index (χ2v) is 5.67. The van der Waals surface area contributed by atoms with Crippen molar-refractivity contribution in [2.24, 2.45) is 5.73 Å². The highest BCUT2D eigenvalue weighted by molar-refractivity contribution is 5.70. The van der Waals surface area contributed by atoms with Crippen LogP contribution in [0.5, 0.6) is 0 Å². The Hall–Kier alpha value is -3.06. The van der Waals surface area contributed by atoms with Crippen molar-refractivity contribution in [3.05, 3.63) is 121 Å². The van der Waals surface area contributed by atoms with Crippen LogP contribution in [0.2, 0.25) is 0 Å². The summed E-state index contributed by atoms with van der Waals surface area (Å²) in [6, 6.07) is 20.0. The number of allylic oxidation sites excluding steroid dienone is 6. The Morgan fingerprint density at radius 3 is 1.72 bits per heavy atom. The summed E-state index contributed by atoms with van der Waals surface area (Å²) in [5.74, 6) is 0. The lowest BCUT2D eigenvalue weighted by atomic mass is 10.0. The molecule has 1 heteroatoms. The van der Waals surface area contributed by atoms with Gasteiger partial charge >= 0.3 is 0 Å². The molecule has 0 radical (unpaired) electrons. The number of rotatable bonds is 5. The molecular formula is C24H27N. The molecule has 0 aliphatic heterocycles. The van der Waals surface area contributed by atoms with Crippen molar-refractivity contribution in [3.63, 3.8) is 0 Å². The first-order valence-electron chi connectivity index (χ1n) is 8.18. The SMILES string of the molecule is C=C(C)c1ccccc1.C=C/C=C\C(=C)/C(C)=C(\N)c1ccccc1. The second kappa shape index (κ2) is 10.7. The van der Waals surface area contributed by atoms with Gasteiger partial charge in [0.1, 0.15) is 0 Å². The lowest BCUT2D eigenvalue weighted by Gasteiger charge is -2.07. The van der Waals surface area contributed by atoms with Gasteiger partial charge in [0, 0.05) is 5.70 Å². The predicted molar refractivity (Wildman–Crippen MR) is 113 cm³/mol. The summed E-state index contributed by atoms with van der Waals surface area (Å²) < 4.78 is 0. The maximum absolute atomic E-state index is 6.07. The standard InChI is InChI=1S/C15H17N.C9H10/c1-4-5-9-12(2)13(3)15(16)14-10-7-6-8-11-14;1-8(2)9-6-4-3-5-7-9/h4-11H,1-2,16H2,3H3;3-7H,1H2,2H3/b9-5-,15-13-;. The van der Waals surface area contributed by atoms with E-state index in [-0.39, 0.29) is 0 Å². The van der Waals surface area contributed by atoms with Crippen LogP contribution in [0.4, 0.5) is 0 Å². The van der Waals surface area contributed by atoms with E-state index in [1.807, 2.05) is 74.5 Å². The third-order valence-electron chi connectivity index (χ3n) is 3.67. The van der Waals surface area contributed by atoms with E-state index in [1.54, 1.807) is 6.08 Å².